The molecule has 2 rings (SSSR count). The Kier molecular flexibility index (Phi) is 5.19. The van der Waals surface area contributed by atoms with Crippen LogP contribution in [0.15, 0.2) is 54.6 Å². The van der Waals surface area contributed by atoms with Gasteiger partial charge in [0.25, 0.3) is 0 Å². The van der Waals surface area contributed by atoms with Crippen molar-refractivity contribution in [2.24, 2.45) is 0 Å². The highest BCUT2D eigenvalue weighted by Gasteiger charge is 2.13. The molecule has 0 aliphatic heterocycles. The van der Waals surface area contributed by atoms with Crippen molar-refractivity contribution in [3.05, 3.63) is 70.7 Å². The first-order valence-corrected chi connectivity index (χ1v) is 7.16. The number of hydrogen-bond donors (Lipinski definition) is 1. The van der Waals surface area contributed by atoms with Gasteiger partial charge in [-0.25, -0.2) is 0 Å². The largest absolute Gasteiger partial charge is 0.349 e. The molecule has 1 atom stereocenters. The average Bonchev–Trinajstić information content (AvgIpc) is 2.48. The minimum atomic E-state index is -0.00574. The van der Waals surface area contributed by atoms with E-state index in [1.54, 1.807) is 6.07 Å². The normalized spacial score (nSPS) is 11.9. The van der Waals surface area contributed by atoms with E-state index in [4.69, 9.17) is 11.6 Å². The monoisotopic (exact) mass is 287 g/mol. The van der Waals surface area contributed by atoms with Crippen molar-refractivity contribution in [1.82, 2.24) is 5.32 Å². The maximum atomic E-state index is 12.1. The highest BCUT2D eigenvalue weighted by Crippen LogP contribution is 2.18. The molecule has 1 unspecified atom stereocenters. The van der Waals surface area contributed by atoms with Gasteiger partial charge < -0.3 is 5.32 Å². The molecule has 2 aromatic carbocycles. The van der Waals surface area contributed by atoms with Crippen molar-refractivity contribution in [1.29, 1.82) is 0 Å². The molecule has 0 saturated heterocycles. The van der Waals surface area contributed by atoms with Crippen LogP contribution in [0, 0.1) is 0 Å². The van der Waals surface area contributed by atoms with E-state index < -0.39 is 0 Å². The van der Waals surface area contributed by atoms with Gasteiger partial charge in [0.1, 0.15) is 0 Å². The van der Waals surface area contributed by atoms with Crippen LogP contribution in [-0.2, 0) is 11.2 Å². The van der Waals surface area contributed by atoms with E-state index in [2.05, 4.69) is 12.2 Å². The van der Waals surface area contributed by atoms with Gasteiger partial charge in [0.05, 0.1) is 12.5 Å². The first kappa shape index (κ1) is 14.6. The van der Waals surface area contributed by atoms with E-state index in [1.165, 1.54) is 0 Å². The molecule has 1 N–H and O–H groups in total. The van der Waals surface area contributed by atoms with Gasteiger partial charge in [0, 0.05) is 5.02 Å². The molecule has 0 spiro atoms. The Balaban J connectivity index is 2.02. The third kappa shape index (κ3) is 3.84. The third-order valence-corrected chi connectivity index (χ3v) is 3.62. The van der Waals surface area contributed by atoms with Gasteiger partial charge in [-0.3, -0.25) is 4.79 Å². The predicted octanol–water partition coefficient (Wildman–Crippen LogP) is 4.15. The number of carbonyl (C=O) groups excluding carboxylic acids is 1. The number of rotatable bonds is 5. The molecule has 0 bridgehead atoms. The standard InChI is InChI=1S/C17H18ClNO/c1-2-16(13-8-4-3-5-9-13)19-17(20)12-14-10-6-7-11-15(14)18/h3-11,16H,2,12H2,1H3,(H,19,20). The van der Waals surface area contributed by atoms with Crippen LogP contribution in [0.25, 0.3) is 0 Å². The first-order valence-electron chi connectivity index (χ1n) is 6.78. The van der Waals surface area contributed by atoms with E-state index in [0.29, 0.717) is 11.4 Å². The van der Waals surface area contributed by atoms with Gasteiger partial charge in [-0.15, -0.1) is 0 Å². The summed E-state index contributed by atoms with van der Waals surface area (Å²) in [5.74, 6) is -0.00574. The molecule has 3 heteroatoms. The number of amides is 1. The highest BCUT2D eigenvalue weighted by molar-refractivity contribution is 6.31. The molecule has 2 aromatic rings. The molecule has 1 amide bonds. The molecule has 0 fully saturated rings. The summed E-state index contributed by atoms with van der Waals surface area (Å²) in [5, 5.41) is 3.70. The summed E-state index contributed by atoms with van der Waals surface area (Å²) in [4.78, 5) is 12.1. The molecule has 0 aromatic heterocycles. The molecule has 0 radical (unpaired) electrons. The Hall–Kier alpha value is -1.80. The Morgan fingerprint density at radius 2 is 1.75 bits per heavy atom. The zero-order chi connectivity index (χ0) is 14.4. The SMILES string of the molecule is CCC(NC(=O)Cc1ccccc1Cl)c1ccccc1. The van der Waals surface area contributed by atoms with Gasteiger partial charge in [0.2, 0.25) is 5.91 Å². The Labute approximate surface area is 124 Å². The molecule has 0 aliphatic carbocycles. The average molecular weight is 288 g/mol. The molecule has 20 heavy (non-hydrogen) atoms. The molecule has 0 aliphatic rings. The lowest BCUT2D eigenvalue weighted by Gasteiger charge is -2.17. The minimum Gasteiger partial charge on any atom is -0.349 e. The second-order valence-corrected chi connectivity index (χ2v) is 5.11. The zero-order valence-electron chi connectivity index (χ0n) is 11.5. The van der Waals surface area contributed by atoms with Crippen LogP contribution in [0.5, 0.6) is 0 Å². The number of benzene rings is 2. The predicted molar refractivity (Wildman–Crippen MR) is 82.8 cm³/mol. The lowest BCUT2D eigenvalue weighted by molar-refractivity contribution is -0.121. The van der Waals surface area contributed by atoms with Crippen LogP contribution >= 0.6 is 11.6 Å². The lowest BCUT2D eigenvalue weighted by atomic mass is 10.0. The minimum absolute atomic E-state index is 0.00574. The molecule has 0 heterocycles. The summed E-state index contributed by atoms with van der Waals surface area (Å²) < 4.78 is 0. The lowest BCUT2D eigenvalue weighted by Crippen LogP contribution is -2.29. The fourth-order valence-corrected chi connectivity index (χ4v) is 2.37. The van der Waals surface area contributed by atoms with Gasteiger partial charge in [-0.2, -0.15) is 0 Å². The smallest absolute Gasteiger partial charge is 0.224 e. The van der Waals surface area contributed by atoms with Crippen molar-refractivity contribution < 1.29 is 4.79 Å². The second-order valence-electron chi connectivity index (χ2n) is 4.71. The first-order chi connectivity index (χ1) is 9.70. The number of carbonyl (C=O) groups is 1. The van der Waals surface area contributed by atoms with Crippen LogP contribution in [-0.4, -0.2) is 5.91 Å². The van der Waals surface area contributed by atoms with Gasteiger partial charge in [0.15, 0.2) is 0 Å². The van der Waals surface area contributed by atoms with Crippen LogP contribution in [0.4, 0.5) is 0 Å². The van der Waals surface area contributed by atoms with Crippen LogP contribution in [0.3, 0.4) is 0 Å². The van der Waals surface area contributed by atoms with Crippen molar-refractivity contribution in [3.8, 4) is 0 Å². The summed E-state index contributed by atoms with van der Waals surface area (Å²) in [6.45, 7) is 2.06. The quantitative estimate of drug-likeness (QED) is 0.879. The maximum Gasteiger partial charge on any atom is 0.224 e. The number of halogens is 1. The van der Waals surface area contributed by atoms with E-state index in [-0.39, 0.29) is 11.9 Å². The number of nitrogens with one attached hydrogen (secondary N) is 1. The zero-order valence-corrected chi connectivity index (χ0v) is 12.2. The van der Waals surface area contributed by atoms with Crippen LogP contribution in [0.1, 0.15) is 30.5 Å². The third-order valence-electron chi connectivity index (χ3n) is 3.25. The summed E-state index contributed by atoms with van der Waals surface area (Å²) >= 11 is 6.08. The van der Waals surface area contributed by atoms with E-state index in [9.17, 15) is 4.79 Å². The van der Waals surface area contributed by atoms with E-state index >= 15 is 0 Å². The Bertz CT molecular complexity index is 568. The summed E-state index contributed by atoms with van der Waals surface area (Å²) in [7, 11) is 0. The molecule has 0 saturated carbocycles. The summed E-state index contributed by atoms with van der Waals surface area (Å²) in [6, 6.07) is 17.5. The molecular formula is C17H18ClNO. The van der Waals surface area contributed by atoms with Crippen molar-refractivity contribution in [2.45, 2.75) is 25.8 Å². The fraction of sp³-hybridized carbons (Fsp3) is 0.235. The maximum absolute atomic E-state index is 12.1. The van der Waals surface area contributed by atoms with Crippen molar-refractivity contribution >= 4 is 17.5 Å². The highest BCUT2D eigenvalue weighted by atomic mass is 35.5. The molecular weight excluding hydrogens is 270 g/mol. The Morgan fingerprint density at radius 3 is 2.40 bits per heavy atom. The second kappa shape index (κ2) is 7.11. The fourth-order valence-electron chi connectivity index (χ4n) is 2.17. The Morgan fingerprint density at radius 1 is 1.10 bits per heavy atom. The van der Waals surface area contributed by atoms with Crippen LogP contribution in [0.2, 0.25) is 5.02 Å². The van der Waals surface area contributed by atoms with Gasteiger partial charge in [-0.05, 0) is 23.6 Å². The van der Waals surface area contributed by atoms with Crippen molar-refractivity contribution in [2.75, 3.05) is 0 Å². The number of hydrogen-bond acceptors (Lipinski definition) is 1. The van der Waals surface area contributed by atoms with E-state index in [1.807, 2.05) is 48.5 Å². The topological polar surface area (TPSA) is 29.1 Å². The van der Waals surface area contributed by atoms with E-state index in [0.717, 1.165) is 17.5 Å². The van der Waals surface area contributed by atoms with Gasteiger partial charge >= 0.3 is 0 Å². The molecule has 2 nitrogen and oxygen atoms in total. The van der Waals surface area contributed by atoms with Crippen molar-refractivity contribution in [3.63, 3.8) is 0 Å². The summed E-state index contributed by atoms with van der Waals surface area (Å²) in [6.07, 6.45) is 1.17. The summed E-state index contributed by atoms with van der Waals surface area (Å²) in [5.41, 5.74) is 1.98. The van der Waals surface area contributed by atoms with Crippen LogP contribution < -0.4 is 5.32 Å². The van der Waals surface area contributed by atoms with Gasteiger partial charge in [-0.1, -0.05) is 67.1 Å². The molecule has 104 valence electrons.